The summed E-state index contributed by atoms with van der Waals surface area (Å²) in [6, 6.07) is 6.81. The number of halogens is 1. The highest BCUT2D eigenvalue weighted by Gasteiger charge is 2.18. The number of rotatable bonds is 2. The lowest BCUT2D eigenvalue weighted by Gasteiger charge is -2.36. The van der Waals surface area contributed by atoms with Crippen LogP contribution in [0.4, 0.5) is 5.69 Å². The van der Waals surface area contributed by atoms with Gasteiger partial charge in [-0.05, 0) is 78.4 Å². The summed E-state index contributed by atoms with van der Waals surface area (Å²) in [6.45, 7) is 9.01. The second kappa shape index (κ2) is 6.01. The van der Waals surface area contributed by atoms with Crippen LogP contribution >= 0.6 is 22.6 Å². The standard InChI is InChI=1S/C17H22IN3/c1-12-8-14(16-10-15(18)11-19-16)9-13(2)17(12)21-6-4-20(3)5-7-21/h8-11,19H,4-7H2,1-3H3. The van der Waals surface area contributed by atoms with E-state index in [4.69, 9.17) is 0 Å². The Morgan fingerprint density at radius 2 is 1.62 bits per heavy atom. The van der Waals surface area contributed by atoms with Crippen LogP contribution in [0.25, 0.3) is 11.3 Å². The molecule has 3 rings (SSSR count). The first-order valence-corrected chi connectivity index (χ1v) is 8.51. The first-order valence-electron chi connectivity index (χ1n) is 7.43. The smallest absolute Gasteiger partial charge is 0.0465 e. The third kappa shape index (κ3) is 3.11. The number of hydrogen-bond donors (Lipinski definition) is 1. The van der Waals surface area contributed by atoms with E-state index in [1.165, 1.54) is 31.6 Å². The van der Waals surface area contributed by atoms with Gasteiger partial charge in [0.15, 0.2) is 0 Å². The van der Waals surface area contributed by atoms with E-state index in [9.17, 15) is 0 Å². The van der Waals surface area contributed by atoms with Gasteiger partial charge < -0.3 is 14.8 Å². The largest absolute Gasteiger partial charge is 0.369 e. The molecule has 1 aromatic heterocycles. The summed E-state index contributed by atoms with van der Waals surface area (Å²) < 4.78 is 1.25. The lowest BCUT2D eigenvalue weighted by molar-refractivity contribution is 0.312. The molecule has 0 saturated carbocycles. The predicted octanol–water partition coefficient (Wildman–Crippen LogP) is 3.65. The summed E-state index contributed by atoms with van der Waals surface area (Å²) in [7, 11) is 2.20. The minimum absolute atomic E-state index is 1.12. The molecule has 1 aliphatic rings. The van der Waals surface area contributed by atoms with Crippen molar-refractivity contribution in [1.82, 2.24) is 9.88 Å². The van der Waals surface area contributed by atoms with E-state index >= 15 is 0 Å². The van der Waals surface area contributed by atoms with Gasteiger partial charge in [-0.25, -0.2) is 0 Å². The molecule has 2 aromatic rings. The molecule has 1 aromatic carbocycles. The number of aromatic amines is 1. The van der Waals surface area contributed by atoms with E-state index in [1.54, 1.807) is 0 Å². The van der Waals surface area contributed by atoms with E-state index in [1.807, 2.05) is 0 Å². The van der Waals surface area contributed by atoms with E-state index in [2.05, 4.69) is 82.7 Å². The number of benzene rings is 1. The number of anilines is 1. The second-order valence-corrected chi connectivity index (χ2v) is 7.23. The molecule has 2 heterocycles. The number of piperazine rings is 1. The Bertz CT molecular complexity index is 616. The monoisotopic (exact) mass is 395 g/mol. The fourth-order valence-electron chi connectivity index (χ4n) is 3.17. The number of likely N-dealkylation sites (N-methyl/N-ethyl adjacent to an activating group) is 1. The topological polar surface area (TPSA) is 22.3 Å². The Kier molecular flexibility index (Phi) is 4.26. The maximum absolute atomic E-state index is 3.35. The Morgan fingerprint density at radius 3 is 2.14 bits per heavy atom. The maximum atomic E-state index is 3.35. The van der Waals surface area contributed by atoms with Crippen molar-refractivity contribution in [2.45, 2.75) is 13.8 Å². The summed E-state index contributed by atoms with van der Waals surface area (Å²) in [5, 5.41) is 0. The van der Waals surface area contributed by atoms with Crippen molar-refractivity contribution in [2.24, 2.45) is 0 Å². The molecule has 0 radical (unpaired) electrons. The first-order chi connectivity index (χ1) is 10.0. The molecule has 0 unspecified atom stereocenters. The van der Waals surface area contributed by atoms with Crippen LogP contribution in [-0.2, 0) is 0 Å². The van der Waals surface area contributed by atoms with Gasteiger partial charge in [-0.3, -0.25) is 0 Å². The highest BCUT2D eigenvalue weighted by molar-refractivity contribution is 14.1. The van der Waals surface area contributed by atoms with Gasteiger partial charge in [0, 0.05) is 47.3 Å². The Labute approximate surface area is 140 Å². The normalized spacial score (nSPS) is 16.5. The molecule has 1 saturated heterocycles. The summed E-state index contributed by atoms with van der Waals surface area (Å²) >= 11 is 2.34. The number of hydrogen-bond acceptors (Lipinski definition) is 2. The number of nitrogens with one attached hydrogen (secondary N) is 1. The van der Waals surface area contributed by atoms with Crippen LogP contribution in [0.3, 0.4) is 0 Å². The van der Waals surface area contributed by atoms with Gasteiger partial charge in [0.1, 0.15) is 0 Å². The van der Waals surface area contributed by atoms with Gasteiger partial charge in [-0.15, -0.1) is 0 Å². The third-order valence-corrected chi connectivity index (χ3v) is 4.89. The SMILES string of the molecule is Cc1cc(-c2cc(I)c[nH]2)cc(C)c1N1CCN(C)CC1. The number of H-pyrrole nitrogens is 1. The Balaban J connectivity index is 1.93. The molecule has 0 spiro atoms. The van der Waals surface area contributed by atoms with Gasteiger partial charge in [-0.2, -0.15) is 0 Å². The average Bonchev–Trinajstić information content (AvgIpc) is 2.87. The maximum Gasteiger partial charge on any atom is 0.0465 e. The summed E-state index contributed by atoms with van der Waals surface area (Å²) in [5.41, 5.74) is 6.66. The van der Waals surface area contributed by atoms with Crippen LogP contribution in [-0.4, -0.2) is 43.1 Å². The van der Waals surface area contributed by atoms with E-state index in [-0.39, 0.29) is 0 Å². The molecular formula is C17H22IN3. The quantitative estimate of drug-likeness (QED) is 0.785. The molecular weight excluding hydrogens is 373 g/mol. The predicted molar refractivity (Wildman–Crippen MR) is 98.1 cm³/mol. The summed E-state index contributed by atoms with van der Waals surface area (Å²) in [4.78, 5) is 8.29. The van der Waals surface area contributed by atoms with Crippen LogP contribution in [0.15, 0.2) is 24.4 Å². The molecule has 3 nitrogen and oxygen atoms in total. The fraction of sp³-hybridized carbons (Fsp3) is 0.412. The Hall–Kier alpha value is -1.01. The number of aryl methyl sites for hydroxylation is 2. The van der Waals surface area contributed by atoms with Crippen molar-refractivity contribution >= 4 is 28.3 Å². The molecule has 21 heavy (non-hydrogen) atoms. The first kappa shape index (κ1) is 14.9. The van der Waals surface area contributed by atoms with E-state index in [0.29, 0.717) is 0 Å². The van der Waals surface area contributed by atoms with Crippen molar-refractivity contribution < 1.29 is 0 Å². The van der Waals surface area contributed by atoms with Crippen LogP contribution in [0.2, 0.25) is 0 Å². The van der Waals surface area contributed by atoms with Crippen LogP contribution in [0.5, 0.6) is 0 Å². The molecule has 1 fully saturated rings. The summed E-state index contributed by atoms with van der Waals surface area (Å²) in [5.74, 6) is 0. The highest BCUT2D eigenvalue weighted by atomic mass is 127. The molecule has 1 aliphatic heterocycles. The minimum atomic E-state index is 1.12. The van der Waals surface area contributed by atoms with Gasteiger partial charge >= 0.3 is 0 Å². The van der Waals surface area contributed by atoms with E-state index < -0.39 is 0 Å². The average molecular weight is 395 g/mol. The summed E-state index contributed by atoms with van der Waals surface area (Å²) in [6.07, 6.45) is 2.05. The molecule has 0 aliphatic carbocycles. The van der Waals surface area contributed by atoms with E-state index in [0.717, 1.165) is 26.2 Å². The van der Waals surface area contributed by atoms with Crippen molar-refractivity contribution in [3.8, 4) is 11.3 Å². The van der Waals surface area contributed by atoms with Crippen molar-refractivity contribution in [2.75, 3.05) is 38.1 Å². The zero-order chi connectivity index (χ0) is 15.0. The molecule has 0 atom stereocenters. The third-order valence-electron chi connectivity index (χ3n) is 4.27. The van der Waals surface area contributed by atoms with Crippen LogP contribution in [0.1, 0.15) is 11.1 Å². The lowest BCUT2D eigenvalue weighted by atomic mass is 10.0. The molecule has 112 valence electrons. The zero-order valence-electron chi connectivity index (χ0n) is 12.9. The van der Waals surface area contributed by atoms with Gasteiger partial charge in [0.2, 0.25) is 0 Å². The van der Waals surface area contributed by atoms with Crippen molar-refractivity contribution in [1.29, 1.82) is 0 Å². The highest BCUT2D eigenvalue weighted by Crippen LogP contribution is 2.31. The molecule has 0 bridgehead atoms. The second-order valence-electron chi connectivity index (χ2n) is 5.98. The van der Waals surface area contributed by atoms with Crippen molar-refractivity contribution in [3.05, 3.63) is 39.1 Å². The van der Waals surface area contributed by atoms with Crippen molar-refractivity contribution in [3.63, 3.8) is 0 Å². The molecule has 0 amide bonds. The molecule has 1 N–H and O–H groups in total. The number of nitrogens with zero attached hydrogens (tertiary/aromatic N) is 2. The van der Waals surface area contributed by atoms with Crippen LogP contribution in [0, 0.1) is 17.4 Å². The Morgan fingerprint density at radius 1 is 1.00 bits per heavy atom. The molecule has 4 heteroatoms. The zero-order valence-corrected chi connectivity index (χ0v) is 15.1. The fourth-order valence-corrected chi connectivity index (χ4v) is 3.64. The van der Waals surface area contributed by atoms with Crippen LogP contribution < -0.4 is 4.90 Å². The van der Waals surface area contributed by atoms with Gasteiger partial charge in [0.05, 0.1) is 0 Å². The lowest BCUT2D eigenvalue weighted by Crippen LogP contribution is -2.45. The number of aromatic nitrogens is 1. The van der Waals surface area contributed by atoms with Gasteiger partial charge in [-0.1, -0.05) is 0 Å². The van der Waals surface area contributed by atoms with Gasteiger partial charge in [0.25, 0.3) is 0 Å². The minimum Gasteiger partial charge on any atom is -0.369 e.